The van der Waals surface area contributed by atoms with E-state index in [1.54, 1.807) is 5.38 Å². The van der Waals surface area contributed by atoms with E-state index in [0.717, 1.165) is 11.3 Å². The van der Waals surface area contributed by atoms with Crippen LogP contribution in [-0.4, -0.2) is 57.7 Å². The highest BCUT2D eigenvalue weighted by molar-refractivity contribution is 7.13. The first-order valence-electron chi connectivity index (χ1n) is 7.62. The fourth-order valence-corrected chi connectivity index (χ4v) is 2.95. The molecular weight excluding hydrogens is 350 g/mol. The average Bonchev–Trinajstić information content (AvgIpc) is 3.03. The number of carbonyl (C=O) groups is 2. The Morgan fingerprint density at radius 3 is 2.80 bits per heavy atom. The van der Waals surface area contributed by atoms with E-state index in [2.05, 4.69) is 20.8 Å². The molecule has 3 rings (SSSR count). The molecule has 2 unspecified atom stereocenters. The number of carbonyl (C=O) groups excluding carboxylic acids is 1. The van der Waals surface area contributed by atoms with Gasteiger partial charge in [-0.3, -0.25) is 10.1 Å². The van der Waals surface area contributed by atoms with E-state index < -0.39 is 17.5 Å². The number of rotatable bonds is 6. The highest BCUT2D eigenvalue weighted by Gasteiger charge is 2.54. The lowest BCUT2D eigenvalue weighted by molar-refractivity contribution is -0.161. The number of hydrogen-bond acceptors (Lipinski definition) is 9. The number of nitrogens with two attached hydrogens (primary N) is 1. The predicted molar refractivity (Wildman–Crippen MR) is 89.1 cm³/mol. The third-order valence-corrected chi connectivity index (χ3v) is 4.68. The van der Waals surface area contributed by atoms with Gasteiger partial charge in [-0.05, 0) is 20.8 Å². The van der Waals surface area contributed by atoms with Gasteiger partial charge in [-0.25, -0.2) is 9.78 Å². The van der Waals surface area contributed by atoms with Crippen molar-refractivity contribution in [2.75, 3.05) is 5.73 Å². The van der Waals surface area contributed by atoms with Gasteiger partial charge in [0.25, 0.3) is 5.91 Å². The number of oxime groups is 1. The van der Waals surface area contributed by atoms with Gasteiger partial charge in [0.2, 0.25) is 5.60 Å². The summed E-state index contributed by atoms with van der Waals surface area (Å²) in [5.41, 5.74) is 4.10. The van der Waals surface area contributed by atoms with Crippen molar-refractivity contribution in [1.29, 1.82) is 0 Å². The lowest BCUT2D eigenvalue weighted by Crippen LogP contribution is -2.49. The van der Waals surface area contributed by atoms with Crippen molar-refractivity contribution in [2.45, 2.75) is 50.8 Å². The van der Waals surface area contributed by atoms with Crippen LogP contribution in [0.25, 0.3) is 0 Å². The van der Waals surface area contributed by atoms with E-state index in [9.17, 15) is 9.59 Å². The van der Waals surface area contributed by atoms with Crippen LogP contribution in [0.1, 0.15) is 26.5 Å². The number of nitrogens with one attached hydrogen (secondary N) is 2. The molecule has 1 aromatic heterocycles. The monoisotopic (exact) mass is 369 g/mol. The van der Waals surface area contributed by atoms with Crippen LogP contribution in [0.2, 0.25) is 0 Å². The van der Waals surface area contributed by atoms with E-state index >= 15 is 0 Å². The summed E-state index contributed by atoms with van der Waals surface area (Å²) in [7, 11) is 0. The number of amides is 1. The Balaban J connectivity index is 1.80. The smallest absolute Gasteiger partial charge is 0.350 e. The molecule has 25 heavy (non-hydrogen) atoms. The molecule has 3 heterocycles. The molecule has 2 aliphatic rings. The van der Waals surface area contributed by atoms with Crippen LogP contribution in [0.15, 0.2) is 10.5 Å². The second-order valence-corrected chi connectivity index (χ2v) is 7.28. The van der Waals surface area contributed by atoms with Crippen LogP contribution < -0.4 is 16.4 Å². The summed E-state index contributed by atoms with van der Waals surface area (Å²) in [6.45, 7) is 4.59. The number of ether oxygens (including phenoxy) is 1. The predicted octanol–water partition coefficient (Wildman–Crippen LogP) is -0.489. The second-order valence-electron chi connectivity index (χ2n) is 6.39. The number of thiazole rings is 1. The lowest BCUT2D eigenvalue weighted by Gasteiger charge is -2.20. The minimum Gasteiger partial charge on any atom is -0.478 e. The minimum absolute atomic E-state index is 0.0332. The normalized spacial score (nSPS) is 28.4. The lowest BCUT2D eigenvalue weighted by atomic mass is 10.1. The van der Waals surface area contributed by atoms with Crippen LogP contribution in [0.4, 0.5) is 5.13 Å². The number of nitrogens with zero attached hydrogens (tertiary/aromatic N) is 2. The van der Waals surface area contributed by atoms with Crippen molar-refractivity contribution in [3.05, 3.63) is 11.1 Å². The quantitative estimate of drug-likeness (QED) is 0.298. The molecule has 0 bridgehead atoms. The molecule has 2 saturated heterocycles. The molecule has 4 atom stereocenters. The molecule has 1 amide bonds. The topological polar surface area (TPSA) is 151 Å². The standard InChI is InChI=1S/C14H19N5O5S/c1-5-7(9-11(16-5)23-9)18-10(20)8(6-4-25-13(15)17-6)19-24-14(2,3)12(21)22/h4-5,7,9,11,16H,1-3H3,(H2,15,17)(H,18,20)(H,21,22)/b19-8+/t5-,7-,9?,11?/m0/s1. The van der Waals surface area contributed by atoms with Crippen LogP contribution in [0, 0.1) is 0 Å². The van der Waals surface area contributed by atoms with E-state index in [-0.39, 0.29) is 41.0 Å². The molecule has 10 nitrogen and oxygen atoms in total. The molecule has 0 spiro atoms. The summed E-state index contributed by atoms with van der Waals surface area (Å²) in [6, 6.07) is -0.197. The second kappa shape index (κ2) is 6.24. The van der Waals surface area contributed by atoms with Gasteiger partial charge in [-0.15, -0.1) is 11.3 Å². The Labute approximate surface area is 147 Å². The molecule has 0 aromatic carbocycles. The van der Waals surface area contributed by atoms with Gasteiger partial charge in [-0.1, -0.05) is 5.16 Å². The van der Waals surface area contributed by atoms with Gasteiger partial charge in [0, 0.05) is 11.4 Å². The molecule has 2 fully saturated rings. The maximum atomic E-state index is 12.7. The molecule has 0 aliphatic carbocycles. The molecule has 1 aromatic rings. The van der Waals surface area contributed by atoms with Gasteiger partial charge in [0.05, 0.1) is 6.04 Å². The van der Waals surface area contributed by atoms with Crippen LogP contribution >= 0.6 is 11.3 Å². The molecule has 0 radical (unpaired) electrons. The summed E-state index contributed by atoms with van der Waals surface area (Å²) in [5, 5.41) is 20.7. The molecule has 5 N–H and O–H groups in total. The fourth-order valence-electron chi connectivity index (χ4n) is 2.40. The zero-order valence-electron chi connectivity index (χ0n) is 13.8. The highest BCUT2D eigenvalue weighted by atomic mass is 32.1. The SMILES string of the molecule is C[C@@H]1NC2OC2[C@H]1NC(=O)/C(=N/OC(C)(C)C(=O)O)c1csc(N)n1. The molecule has 2 aliphatic heterocycles. The Hall–Kier alpha value is -2.24. The highest BCUT2D eigenvalue weighted by Crippen LogP contribution is 2.31. The number of hydrogen-bond donors (Lipinski definition) is 4. The van der Waals surface area contributed by atoms with E-state index in [4.69, 9.17) is 20.4 Å². The van der Waals surface area contributed by atoms with E-state index in [1.807, 2.05) is 6.92 Å². The summed E-state index contributed by atoms with van der Waals surface area (Å²) in [5.74, 6) is -1.75. The zero-order valence-corrected chi connectivity index (χ0v) is 14.7. The maximum absolute atomic E-state index is 12.7. The Bertz CT molecular complexity index is 731. The first-order valence-corrected chi connectivity index (χ1v) is 8.50. The number of aromatic nitrogens is 1. The number of aliphatic carboxylic acids is 1. The number of epoxide rings is 1. The molecule has 11 heteroatoms. The van der Waals surface area contributed by atoms with Crippen LogP contribution in [0.3, 0.4) is 0 Å². The van der Waals surface area contributed by atoms with Crippen LogP contribution in [0.5, 0.6) is 0 Å². The molecular formula is C14H19N5O5S. The van der Waals surface area contributed by atoms with Crippen molar-refractivity contribution in [1.82, 2.24) is 15.6 Å². The van der Waals surface area contributed by atoms with Crippen molar-refractivity contribution in [3.63, 3.8) is 0 Å². The van der Waals surface area contributed by atoms with Crippen molar-refractivity contribution in [3.8, 4) is 0 Å². The van der Waals surface area contributed by atoms with E-state index in [0.29, 0.717) is 0 Å². The number of fused-ring (bicyclic) bond motifs is 1. The number of anilines is 1. The van der Waals surface area contributed by atoms with Gasteiger partial charge in [0.1, 0.15) is 18.0 Å². The van der Waals surface area contributed by atoms with Gasteiger partial charge < -0.3 is 25.7 Å². The largest absolute Gasteiger partial charge is 0.478 e. The number of carboxylic acids is 1. The Morgan fingerprint density at radius 1 is 1.56 bits per heavy atom. The van der Waals surface area contributed by atoms with Crippen molar-refractivity contribution in [2.24, 2.45) is 5.16 Å². The number of nitrogen functional groups attached to an aromatic ring is 1. The van der Waals surface area contributed by atoms with Crippen molar-refractivity contribution >= 4 is 34.1 Å². The third kappa shape index (κ3) is 3.57. The zero-order chi connectivity index (χ0) is 18.4. The molecule has 0 saturated carbocycles. The summed E-state index contributed by atoms with van der Waals surface area (Å²) in [4.78, 5) is 32.9. The maximum Gasteiger partial charge on any atom is 0.350 e. The average molecular weight is 369 g/mol. The van der Waals surface area contributed by atoms with E-state index in [1.165, 1.54) is 13.8 Å². The summed E-state index contributed by atoms with van der Waals surface area (Å²) in [6.07, 6.45) is -0.130. The van der Waals surface area contributed by atoms with Gasteiger partial charge >= 0.3 is 5.97 Å². The van der Waals surface area contributed by atoms with Gasteiger partial charge in [0.15, 0.2) is 10.8 Å². The molecule has 136 valence electrons. The van der Waals surface area contributed by atoms with Crippen LogP contribution in [-0.2, 0) is 19.2 Å². The van der Waals surface area contributed by atoms with Gasteiger partial charge in [-0.2, -0.15) is 0 Å². The third-order valence-electron chi connectivity index (χ3n) is 4.00. The fraction of sp³-hybridized carbons (Fsp3) is 0.571. The Morgan fingerprint density at radius 2 is 2.28 bits per heavy atom. The first kappa shape index (κ1) is 17.6. The Kier molecular flexibility index (Phi) is 4.39. The van der Waals surface area contributed by atoms with Crippen molar-refractivity contribution < 1.29 is 24.3 Å². The number of carboxylic acid groups (broad SMARTS) is 1. The summed E-state index contributed by atoms with van der Waals surface area (Å²) >= 11 is 1.14. The summed E-state index contributed by atoms with van der Waals surface area (Å²) < 4.78 is 5.36. The minimum atomic E-state index is -1.60. The first-order chi connectivity index (χ1) is 11.7.